The molecular formula is C30H41ClF8O10S2. The van der Waals surface area contributed by atoms with Crippen LogP contribution in [0, 0.1) is 35.5 Å². The van der Waals surface area contributed by atoms with Crippen molar-refractivity contribution in [3.05, 3.63) is 0 Å². The second kappa shape index (κ2) is 12.4. The fourth-order valence-electron chi connectivity index (χ4n) is 10.4. The average molecular weight is 813 g/mol. The van der Waals surface area contributed by atoms with Gasteiger partial charge < -0.3 is 24.1 Å². The van der Waals surface area contributed by atoms with Gasteiger partial charge >= 0.3 is 23.7 Å². The molecule has 10 aliphatic rings. The first kappa shape index (κ1) is 40.1. The molecule has 0 aromatic carbocycles. The first-order valence-electron chi connectivity index (χ1n) is 16.6. The van der Waals surface area contributed by atoms with Gasteiger partial charge in [0, 0.05) is 34.4 Å². The van der Waals surface area contributed by atoms with E-state index >= 15 is 0 Å². The van der Waals surface area contributed by atoms with Crippen LogP contribution in [0.3, 0.4) is 0 Å². The van der Waals surface area contributed by atoms with Gasteiger partial charge in [0.05, 0.1) is 23.7 Å². The molecular weight excluding hydrogens is 772 g/mol. The summed E-state index contributed by atoms with van der Waals surface area (Å²) in [6.07, 6.45) is 6.95. The maximum Gasteiger partial charge on any atom is 0.335 e. The molecule has 0 aromatic heterocycles. The lowest BCUT2D eigenvalue weighted by Crippen LogP contribution is -2.66. The van der Waals surface area contributed by atoms with Gasteiger partial charge in [-0.2, -0.15) is 43.5 Å². The number of hydrogen-bond acceptors (Lipinski definition) is 10. The van der Waals surface area contributed by atoms with Gasteiger partial charge in [-0.05, 0) is 76.0 Å². The molecule has 0 aromatic rings. The summed E-state index contributed by atoms with van der Waals surface area (Å²) in [5.41, 5.74) is -1.70. The van der Waals surface area contributed by atoms with Crippen molar-refractivity contribution in [2.75, 3.05) is 38.9 Å². The van der Waals surface area contributed by atoms with Gasteiger partial charge in [-0.1, -0.05) is 0 Å². The first-order chi connectivity index (χ1) is 23.0. The van der Waals surface area contributed by atoms with Gasteiger partial charge in [-0.3, -0.25) is 4.18 Å². The Kier molecular flexibility index (Phi) is 9.78. The zero-order chi connectivity index (χ0) is 37.9. The number of ether oxygens (including phenoxy) is 4. The Balaban J connectivity index is 0.000000157. The zero-order valence-electron chi connectivity index (χ0n) is 27.7. The second-order valence-electron chi connectivity index (χ2n) is 16.0. The quantitative estimate of drug-likeness (QED) is 0.222. The molecule has 4 unspecified atom stereocenters. The van der Waals surface area contributed by atoms with Crippen molar-refractivity contribution < 1.29 is 80.2 Å². The van der Waals surface area contributed by atoms with Crippen molar-refractivity contribution in [1.82, 2.24) is 0 Å². The van der Waals surface area contributed by atoms with Crippen LogP contribution in [0.15, 0.2) is 0 Å². The molecule has 2 aliphatic heterocycles. The summed E-state index contributed by atoms with van der Waals surface area (Å²) in [7, 11) is -2.39. The molecule has 2 heterocycles. The van der Waals surface area contributed by atoms with E-state index in [4.69, 9.17) is 23.1 Å². The lowest BCUT2D eigenvalue weighted by molar-refractivity contribution is -0.354. The third-order valence-electron chi connectivity index (χ3n) is 11.9. The first-order valence-corrected chi connectivity index (χ1v) is 21.2. The van der Waals surface area contributed by atoms with Crippen LogP contribution in [0.1, 0.15) is 64.2 Å². The summed E-state index contributed by atoms with van der Waals surface area (Å²) in [6.45, 7) is -5.46. The zero-order valence-corrected chi connectivity index (χ0v) is 30.1. The largest absolute Gasteiger partial charge is 0.390 e. The van der Waals surface area contributed by atoms with E-state index in [1.54, 1.807) is 0 Å². The summed E-state index contributed by atoms with van der Waals surface area (Å²) in [6, 6.07) is 0. The van der Waals surface area contributed by atoms with Crippen LogP contribution in [0.2, 0.25) is 0 Å². The molecule has 8 saturated carbocycles. The number of alkyl halides is 8. The van der Waals surface area contributed by atoms with Crippen LogP contribution in [0.25, 0.3) is 0 Å². The lowest BCUT2D eigenvalue weighted by atomic mass is 9.51. The van der Waals surface area contributed by atoms with Gasteiger partial charge in [-0.25, -0.2) is 8.42 Å². The molecule has 10 nitrogen and oxygen atoms in total. The molecule has 2 spiro atoms. The highest BCUT2D eigenvalue weighted by molar-refractivity contribution is 8.13. The van der Waals surface area contributed by atoms with Crippen LogP contribution in [0.4, 0.5) is 35.1 Å². The van der Waals surface area contributed by atoms with Crippen LogP contribution < -0.4 is 0 Å². The summed E-state index contributed by atoms with van der Waals surface area (Å²) in [5, 5.41) is 10.5. The Labute approximate surface area is 294 Å². The molecule has 8 bridgehead atoms. The summed E-state index contributed by atoms with van der Waals surface area (Å²) >= 11 is 0. The maximum absolute atomic E-state index is 13.7. The van der Waals surface area contributed by atoms with Crippen LogP contribution in [0.5, 0.6) is 0 Å². The molecule has 0 amide bonds. The number of halogens is 9. The summed E-state index contributed by atoms with van der Waals surface area (Å²) in [4.78, 5) is 0. The Morgan fingerprint density at radius 2 is 0.863 bits per heavy atom. The normalized spacial score (nSPS) is 43.0. The average Bonchev–Trinajstić information content (AvgIpc) is 3.08. The number of hydrogen-bond donors (Lipinski definition) is 1. The molecule has 10 fully saturated rings. The second-order valence-corrected chi connectivity index (χ2v) is 20.6. The highest BCUT2D eigenvalue weighted by Gasteiger charge is 2.71. The predicted molar refractivity (Wildman–Crippen MR) is 160 cm³/mol. The van der Waals surface area contributed by atoms with Gasteiger partial charge in [0.15, 0.2) is 11.6 Å². The SMILES string of the molecule is CS(=O)(=O)Cl.CS(=O)(=O)OC12CC3CC(C1)C1(OCC(F)(F)C(F)(F)CO1)C(C3)C2.OC12CC3CC(C1)C1(OCC(F)(F)C(F)(F)CO1)C(C3)C2. The van der Waals surface area contributed by atoms with Crippen molar-refractivity contribution in [2.45, 2.75) is 111 Å². The van der Waals surface area contributed by atoms with Crippen molar-refractivity contribution in [2.24, 2.45) is 35.5 Å². The standard InChI is InChI=1S/C15H20F4O5S.C14H18F4O3.CH3ClO2S/c1-25(20,21)24-12-4-9-2-10(5-12)15(11(3-9)6-12)22-7-13(16,17)14(18,19)8-23-15;15-12(16)6-20-14(21-7-13(12,17)18)9-1-8-2-10(14)5-11(19,3-8)4-9;1-5(2,3)4/h9-11H,2-8H2,1H3;8-10,19H,1-7H2;1H3. The topological polar surface area (TPSA) is 135 Å². The number of rotatable bonds is 2. The van der Waals surface area contributed by atoms with E-state index in [1.165, 1.54) is 0 Å². The Morgan fingerprint density at radius 3 is 1.16 bits per heavy atom. The van der Waals surface area contributed by atoms with Gasteiger partial charge in [0.25, 0.3) is 10.1 Å². The number of aliphatic hydroxyl groups is 1. The third kappa shape index (κ3) is 7.53. The molecule has 296 valence electrons. The van der Waals surface area contributed by atoms with Gasteiger partial charge in [0.2, 0.25) is 9.05 Å². The van der Waals surface area contributed by atoms with Crippen LogP contribution >= 0.6 is 10.7 Å². The van der Waals surface area contributed by atoms with Crippen LogP contribution in [-0.4, -0.2) is 107 Å². The van der Waals surface area contributed by atoms with Gasteiger partial charge in [-0.15, -0.1) is 0 Å². The minimum Gasteiger partial charge on any atom is -0.390 e. The smallest absolute Gasteiger partial charge is 0.335 e. The Bertz CT molecular complexity index is 1500. The van der Waals surface area contributed by atoms with E-state index in [9.17, 15) is 57.1 Å². The van der Waals surface area contributed by atoms with Crippen molar-refractivity contribution in [1.29, 1.82) is 0 Å². The van der Waals surface area contributed by atoms with Crippen LogP contribution in [-0.2, 0) is 42.3 Å². The molecule has 10 rings (SSSR count). The molecule has 8 aliphatic carbocycles. The molecule has 2 saturated heterocycles. The maximum atomic E-state index is 13.7. The highest BCUT2D eigenvalue weighted by Crippen LogP contribution is 2.65. The molecule has 51 heavy (non-hydrogen) atoms. The lowest BCUT2D eigenvalue weighted by Gasteiger charge is -2.62. The predicted octanol–water partition coefficient (Wildman–Crippen LogP) is 5.31. The van der Waals surface area contributed by atoms with Gasteiger partial charge in [0.1, 0.15) is 26.4 Å². The van der Waals surface area contributed by atoms with Crippen molar-refractivity contribution in [3.63, 3.8) is 0 Å². The van der Waals surface area contributed by atoms with E-state index in [-0.39, 0.29) is 30.6 Å². The van der Waals surface area contributed by atoms with E-state index in [0.29, 0.717) is 57.3 Å². The third-order valence-corrected chi connectivity index (χ3v) is 12.5. The summed E-state index contributed by atoms with van der Waals surface area (Å²) < 4.78 is 177. The minimum absolute atomic E-state index is 0.154. The molecule has 21 heteroatoms. The molecule has 1 N–H and O–H groups in total. The minimum atomic E-state index is -4.30. The Morgan fingerprint density at radius 1 is 0.569 bits per heavy atom. The van der Waals surface area contributed by atoms with E-state index < -0.39 is 104 Å². The summed E-state index contributed by atoms with van der Waals surface area (Å²) in [5.74, 6) is -20.9. The Hall–Kier alpha value is -0.610. The fraction of sp³-hybridized carbons (Fsp3) is 1.00. The monoisotopic (exact) mass is 812 g/mol. The molecule has 0 radical (unpaired) electrons. The van der Waals surface area contributed by atoms with E-state index in [1.807, 2.05) is 0 Å². The van der Waals surface area contributed by atoms with Crippen molar-refractivity contribution in [3.8, 4) is 0 Å². The van der Waals surface area contributed by atoms with E-state index in [2.05, 4.69) is 10.7 Å². The van der Waals surface area contributed by atoms with Crippen molar-refractivity contribution >= 4 is 29.9 Å². The highest BCUT2D eigenvalue weighted by atomic mass is 35.7. The molecule has 4 atom stereocenters. The fourth-order valence-corrected chi connectivity index (χ4v) is 11.3. The van der Waals surface area contributed by atoms with E-state index in [0.717, 1.165) is 12.5 Å².